The molecule has 4 nitrogen and oxygen atoms in total. The van der Waals surface area contributed by atoms with E-state index in [4.69, 9.17) is 11.6 Å². The molecule has 0 saturated carbocycles. The summed E-state index contributed by atoms with van der Waals surface area (Å²) in [6, 6.07) is 16.4. The van der Waals surface area contributed by atoms with Crippen LogP contribution in [0.2, 0.25) is 5.02 Å². The molecule has 0 fully saturated rings. The number of hydroxylamine groups is 1. The van der Waals surface area contributed by atoms with Crippen molar-refractivity contribution in [3.8, 4) is 0 Å². The highest BCUT2D eigenvalue weighted by Gasteiger charge is 1.97. The van der Waals surface area contributed by atoms with Crippen molar-refractivity contribution in [1.82, 2.24) is 0 Å². The van der Waals surface area contributed by atoms with E-state index in [2.05, 4.69) is 10.6 Å². The molecular formula is C13H12ClN3O. The van der Waals surface area contributed by atoms with Gasteiger partial charge in [0.2, 0.25) is 0 Å². The van der Waals surface area contributed by atoms with E-state index in [1.807, 2.05) is 30.3 Å². The minimum absolute atomic E-state index is 0.210. The second kappa shape index (κ2) is 6.02. The van der Waals surface area contributed by atoms with Gasteiger partial charge >= 0.3 is 0 Å². The molecule has 0 spiro atoms. The summed E-state index contributed by atoms with van der Waals surface area (Å²) in [5.74, 6) is 0. The van der Waals surface area contributed by atoms with E-state index in [-0.39, 0.29) is 6.54 Å². The highest BCUT2D eigenvalue weighted by atomic mass is 35.5. The second-order valence-electron chi connectivity index (χ2n) is 3.71. The molecule has 0 aliphatic rings. The van der Waals surface area contributed by atoms with Crippen molar-refractivity contribution < 1.29 is 4.86 Å². The van der Waals surface area contributed by atoms with E-state index < -0.39 is 0 Å². The number of anilines is 1. The molecule has 0 atom stereocenters. The first-order valence-corrected chi connectivity index (χ1v) is 5.82. The summed E-state index contributed by atoms with van der Waals surface area (Å²) in [5, 5.41) is 15.9. The zero-order chi connectivity index (χ0) is 12.8. The van der Waals surface area contributed by atoms with E-state index in [1.165, 1.54) is 0 Å². The first-order chi connectivity index (χ1) is 8.74. The van der Waals surface area contributed by atoms with Gasteiger partial charge in [0.25, 0.3) is 0 Å². The van der Waals surface area contributed by atoms with E-state index >= 15 is 0 Å². The summed E-state index contributed by atoms with van der Waals surface area (Å²) in [4.78, 5) is 0.601. The molecule has 0 saturated heterocycles. The van der Waals surface area contributed by atoms with Crippen LogP contribution in [0.1, 0.15) is 5.56 Å². The van der Waals surface area contributed by atoms with Crippen LogP contribution in [0.3, 0.4) is 0 Å². The smallest absolute Gasteiger partial charge is 0.146 e. The van der Waals surface area contributed by atoms with Gasteiger partial charge in [-0.05, 0) is 29.8 Å². The largest absolute Gasteiger partial charge is 0.696 e. The molecule has 0 amide bonds. The molecule has 2 aromatic rings. The molecule has 0 bridgehead atoms. The van der Waals surface area contributed by atoms with E-state index in [0.29, 0.717) is 15.6 Å². The quantitative estimate of drug-likeness (QED) is 0.517. The minimum atomic E-state index is 0.210. The predicted molar refractivity (Wildman–Crippen MR) is 71.3 cm³/mol. The first-order valence-electron chi connectivity index (χ1n) is 5.45. The molecule has 92 valence electrons. The lowest BCUT2D eigenvalue weighted by molar-refractivity contribution is -0.544. The van der Waals surface area contributed by atoms with Gasteiger partial charge in [-0.15, -0.1) is 5.43 Å². The van der Waals surface area contributed by atoms with Crippen molar-refractivity contribution >= 4 is 17.3 Å². The fourth-order valence-electron chi connectivity index (χ4n) is 1.41. The predicted octanol–water partition coefficient (Wildman–Crippen LogP) is 3.83. The van der Waals surface area contributed by atoms with Gasteiger partial charge in [-0.25, -0.2) is 0 Å². The number of hydrogen-bond acceptors (Lipinski definition) is 2. The van der Waals surface area contributed by atoms with Crippen molar-refractivity contribution in [2.75, 3.05) is 5.43 Å². The molecule has 18 heavy (non-hydrogen) atoms. The van der Waals surface area contributed by atoms with Crippen molar-refractivity contribution in [2.45, 2.75) is 6.54 Å². The van der Waals surface area contributed by atoms with Crippen LogP contribution in [-0.4, -0.2) is 4.86 Å². The topological polar surface area (TPSA) is 50.5 Å². The Morgan fingerprint density at radius 2 is 1.72 bits per heavy atom. The Hall–Kier alpha value is -2.07. The Morgan fingerprint density at radius 3 is 2.39 bits per heavy atom. The average molecular weight is 262 g/mol. The molecule has 0 radical (unpaired) electrons. The van der Waals surface area contributed by atoms with Crippen molar-refractivity contribution in [3.63, 3.8) is 0 Å². The van der Waals surface area contributed by atoms with Gasteiger partial charge in [0.1, 0.15) is 12.2 Å². The number of benzene rings is 2. The first kappa shape index (κ1) is 12.4. The number of nitrogens with one attached hydrogen (secondary N) is 1. The highest BCUT2D eigenvalue weighted by molar-refractivity contribution is 6.30. The molecule has 0 aliphatic carbocycles. The fraction of sp³-hybridized carbons (Fsp3) is 0.0769. The van der Waals surface area contributed by atoms with Crippen LogP contribution in [0.15, 0.2) is 59.8 Å². The number of nitrogens with zero attached hydrogens (tertiary/aromatic N) is 2. The summed E-state index contributed by atoms with van der Waals surface area (Å²) in [6.45, 7) is 0.210. The molecule has 0 aliphatic heterocycles. The molecule has 0 aromatic heterocycles. The SMILES string of the molecule is [O-][N+](Cc1ccccc1)=NNc1ccc(Cl)cc1. The van der Waals surface area contributed by atoms with Crippen LogP contribution in [0.5, 0.6) is 0 Å². The lowest BCUT2D eigenvalue weighted by Gasteiger charge is -2.05. The summed E-state index contributed by atoms with van der Waals surface area (Å²) in [7, 11) is 0. The lowest BCUT2D eigenvalue weighted by atomic mass is 10.2. The van der Waals surface area contributed by atoms with Crippen LogP contribution >= 0.6 is 11.6 Å². The molecule has 2 rings (SSSR count). The Kier molecular flexibility index (Phi) is 4.15. The molecule has 1 N–H and O–H groups in total. The summed E-state index contributed by atoms with van der Waals surface area (Å²) >= 11 is 5.75. The van der Waals surface area contributed by atoms with Crippen molar-refractivity contribution in [3.05, 3.63) is 70.4 Å². The molecule has 2 aromatic carbocycles. The third kappa shape index (κ3) is 3.75. The van der Waals surface area contributed by atoms with Gasteiger partial charge in [-0.2, -0.15) is 4.86 Å². The third-order valence-electron chi connectivity index (χ3n) is 2.30. The van der Waals surface area contributed by atoms with Crippen LogP contribution < -0.4 is 5.43 Å². The van der Waals surface area contributed by atoms with Gasteiger partial charge in [0, 0.05) is 5.02 Å². The third-order valence-corrected chi connectivity index (χ3v) is 2.55. The van der Waals surface area contributed by atoms with E-state index in [0.717, 1.165) is 5.56 Å². The van der Waals surface area contributed by atoms with Gasteiger partial charge in [-0.1, -0.05) is 41.9 Å². The fourth-order valence-corrected chi connectivity index (χ4v) is 1.54. The van der Waals surface area contributed by atoms with Gasteiger partial charge in [-0.3, -0.25) is 0 Å². The van der Waals surface area contributed by atoms with Crippen LogP contribution in [0.25, 0.3) is 0 Å². The van der Waals surface area contributed by atoms with Crippen molar-refractivity contribution in [2.24, 2.45) is 5.22 Å². The normalized spacial score (nSPS) is 11.3. The van der Waals surface area contributed by atoms with Crippen LogP contribution in [0, 0.1) is 5.21 Å². The van der Waals surface area contributed by atoms with Crippen LogP contribution in [-0.2, 0) is 6.54 Å². The monoisotopic (exact) mass is 261 g/mol. The number of hydrogen-bond donors (Lipinski definition) is 1. The van der Waals surface area contributed by atoms with Gasteiger partial charge in [0.15, 0.2) is 0 Å². The second-order valence-corrected chi connectivity index (χ2v) is 4.15. The van der Waals surface area contributed by atoms with Gasteiger partial charge in [0.05, 0.1) is 5.22 Å². The maximum Gasteiger partial charge on any atom is 0.146 e. The zero-order valence-corrected chi connectivity index (χ0v) is 10.3. The lowest BCUT2D eigenvalue weighted by Crippen LogP contribution is -2.03. The zero-order valence-electron chi connectivity index (χ0n) is 9.58. The standard InChI is InChI=1S/C13H12ClN3O/c14-12-6-8-13(9-7-12)15-16-17(18)10-11-4-2-1-3-5-11/h1-9,15H,10H2. The molecule has 0 heterocycles. The Balaban J connectivity index is 1.95. The summed E-state index contributed by atoms with van der Waals surface area (Å²) < 4.78 is 0. The van der Waals surface area contributed by atoms with E-state index in [9.17, 15) is 5.21 Å². The Bertz CT molecular complexity index is 526. The Morgan fingerprint density at radius 1 is 1.06 bits per heavy atom. The maximum atomic E-state index is 11.5. The van der Waals surface area contributed by atoms with E-state index in [1.54, 1.807) is 24.3 Å². The summed E-state index contributed by atoms with van der Waals surface area (Å²) in [5.41, 5.74) is 4.30. The maximum absolute atomic E-state index is 11.5. The number of rotatable bonds is 4. The number of halogens is 1. The minimum Gasteiger partial charge on any atom is -0.696 e. The molecule has 0 unspecified atom stereocenters. The average Bonchev–Trinajstić information content (AvgIpc) is 2.39. The van der Waals surface area contributed by atoms with Crippen LogP contribution in [0.4, 0.5) is 5.69 Å². The Labute approximate surface area is 110 Å². The molecule has 5 heteroatoms. The van der Waals surface area contributed by atoms with Gasteiger partial charge < -0.3 is 5.21 Å². The molecular weight excluding hydrogens is 250 g/mol. The highest BCUT2D eigenvalue weighted by Crippen LogP contribution is 2.13. The summed E-state index contributed by atoms with van der Waals surface area (Å²) in [6.07, 6.45) is 0. The van der Waals surface area contributed by atoms with Crippen molar-refractivity contribution in [1.29, 1.82) is 0 Å².